The van der Waals surface area contributed by atoms with Crippen LogP contribution in [0, 0.1) is 0 Å². The van der Waals surface area contributed by atoms with Gasteiger partial charge in [-0.3, -0.25) is 0 Å². The van der Waals surface area contributed by atoms with Gasteiger partial charge in [-0.15, -0.1) is 0 Å². The minimum Gasteiger partial charge on any atom is -0.497 e. The van der Waals surface area contributed by atoms with Crippen molar-refractivity contribution in [2.24, 2.45) is 0 Å². The Bertz CT molecular complexity index is 408. The van der Waals surface area contributed by atoms with Crippen molar-refractivity contribution in [3.05, 3.63) is 23.8 Å². The van der Waals surface area contributed by atoms with Crippen molar-refractivity contribution in [3.8, 4) is 11.5 Å². The molecule has 0 aliphatic heterocycles. The van der Waals surface area contributed by atoms with Crippen LogP contribution in [0.3, 0.4) is 0 Å². The van der Waals surface area contributed by atoms with Gasteiger partial charge >= 0.3 is 0 Å². The molecule has 0 heterocycles. The number of benzene rings is 1. The highest BCUT2D eigenvalue weighted by molar-refractivity contribution is 5.40. The minimum atomic E-state index is -0.224. The molecule has 2 atom stereocenters. The molecular weight excluding hydrogens is 242 g/mol. The molecule has 1 fully saturated rings. The lowest BCUT2D eigenvalue weighted by Crippen LogP contribution is -2.41. The second-order valence-corrected chi connectivity index (χ2v) is 5.02. The van der Waals surface area contributed by atoms with Crippen molar-refractivity contribution < 1.29 is 14.6 Å². The highest BCUT2D eigenvalue weighted by Crippen LogP contribution is 2.25. The van der Waals surface area contributed by atoms with E-state index < -0.39 is 0 Å². The van der Waals surface area contributed by atoms with Crippen molar-refractivity contribution >= 4 is 0 Å². The fourth-order valence-electron chi connectivity index (χ4n) is 2.59. The number of rotatable bonds is 5. The van der Waals surface area contributed by atoms with Crippen LogP contribution in [0.15, 0.2) is 18.2 Å². The molecule has 4 heteroatoms. The average molecular weight is 265 g/mol. The molecule has 106 valence electrons. The first kappa shape index (κ1) is 14.2. The number of nitrogens with one attached hydrogen (secondary N) is 1. The predicted molar refractivity (Wildman–Crippen MR) is 74.6 cm³/mol. The first-order chi connectivity index (χ1) is 9.24. The maximum atomic E-state index is 9.94. The van der Waals surface area contributed by atoms with E-state index in [1.807, 2.05) is 18.2 Å². The van der Waals surface area contributed by atoms with Crippen LogP contribution in [0.2, 0.25) is 0 Å². The van der Waals surface area contributed by atoms with Gasteiger partial charge < -0.3 is 19.9 Å². The summed E-state index contributed by atoms with van der Waals surface area (Å²) in [5.41, 5.74) is 1.08. The lowest BCUT2D eigenvalue weighted by Gasteiger charge is -2.28. The van der Waals surface area contributed by atoms with Crippen molar-refractivity contribution in [2.75, 3.05) is 14.2 Å². The van der Waals surface area contributed by atoms with Crippen LogP contribution < -0.4 is 14.8 Å². The lowest BCUT2D eigenvalue weighted by molar-refractivity contribution is 0.0901. The quantitative estimate of drug-likeness (QED) is 0.856. The SMILES string of the molecule is COc1ccc(CN[C@@H]2CCCC[C@@H]2O)c(OC)c1. The van der Waals surface area contributed by atoms with Crippen LogP contribution in [-0.2, 0) is 6.54 Å². The first-order valence-corrected chi connectivity index (χ1v) is 6.87. The summed E-state index contributed by atoms with van der Waals surface area (Å²) in [7, 11) is 3.30. The van der Waals surface area contributed by atoms with Gasteiger partial charge in [-0.05, 0) is 18.9 Å². The van der Waals surface area contributed by atoms with Gasteiger partial charge in [-0.25, -0.2) is 0 Å². The van der Waals surface area contributed by atoms with E-state index in [1.165, 1.54) is 6.42 Å². The smallest absolute Gasteiger partial charge is 0.127 e. The Morgan fingerprint density at radius 3 is 2.68 bits per heavy atom. The molecule has 2 rings (SSSR count). The van der Waals surface area contributed by atoms with Crippen LogP contribution in [0.25, 0.3) is 0 Å². The Morgan fingerprint density at radius 2 is 2.00 bits per heavy atom. The van der Waals surface area contributed by atoms with Crippen LogP contribution in [0.1, 0.15) is 31.2 Å². The van der Waals surface area contributed by atoms with Gasteiger partial charge in [-0.2, -0.15) is 0 Å². The number of aliphatic hydroxyl groups is 1. The summed E-state index contributed by atoms with van der Waals surface area (Å²) in [4.78, 5) is 0. The molecule has 1 aromatic rings. The summed E-state index contributed by atoms with van der Waals surface area (Å²) in [5, 5.41) is 13.4. The predicted octanol–water partition coefficient (Wildman–Crippen LogP) is 2.10. The monoisotopic (exact) mass is 265 g/mol. The molecule has 0 bridgehead atoms. The third-order valence-corrected chi connectivity index (χ3v) is 3.78. The highest BCUT2D eigenvalue weighted by atomic mass is 16.5. The Morgan fingerprint density at radius 1 is 1.21 bits per heavy atom. The molecule has 19 heavy (non-hydrogen) atoms. The molecular formula is C15H23NO3. The summed E-state index contributed by atoms with van der Waals surface area (Å²) >= 11 is 0. The van der Waals surface area contributed by atoms with E-state index in [2.05, 4.69) is 5.32 Å². The van der Waals surface area contributed by atoms with E-state index in [1.54, 1.807) is 14.2 Å². The molecule has 0 amide bonds. The maximum Gasteiger partial charge on any atom is 0.127 e. The van der Waals surface area contributed by atoms with Crippen molar-refractivity contribution in [1.29, 1.82) is 0 Å². The zero-order valence-electron chi connectivity index (χ0n) is 11.7. The number of ether oxygens (including phenoxy) is 2. The lowest BCUT2D eigenvalue weighted by atomic mass is 9.92. The minimum absolute atomic E-state index is 0.195. The van der Waals surface area contributed by atoms with Gasteiger partial charge in [0.25, 0.3) is 0 Å². The fourth-order valence-corrected chi connectivity index (χ4v) is 2.59. The molecule has 2 N–H and O–H groups in total. The van der Waals surface area contributed by atoms with Gasteiger partial charge in [0.05, 0.1) is 20.3 Å². The van der Waals surface area contributed by atoms with Gasteiger partial charge in [0, 0.05) is 24.2 Å². The number of hydrogen-bond donors (Lipinski definition) is 2. The highest BCUT2D eigenvalue weighted by Gasteiger charge is 2.22. The van der Waals surface area contributed by atoms with E-state index in [0.29, 0.717) is 6.54 Å². The Balaban J connectivity index is 1.98. The Hall–Kier alpha value is -1.26. The molecule has 0 aromatic heterocycles. The third-order valence-electron chi connectivity index (χ3n) is 3.78. The largest absolute Gasteiger partial charge is 0.497 e. The zero-order valence-corrected chi connectivity index (χ0v) is 11.7. The molecule has 1 aliphatic rings. The molecule has 0 spiro atoms. The number of hydrogen-bond acceptors (Lipinski definition) is 4. The second-order valence-electron chi connectivity index (χ2n) is 5.02. The summed E-state index contributed by atoms with van der Waals surface area (Å²) in [5.74, 6) is 1.61. The van der Waals surface area contributed by atoms with E-state index in [-0.39, 0.29) is 12.1 Å². The normalized spacial score (nSPS) is 23.1. The summed E-state index contributed by atoms with van der Waals surface area (Å²) in [6.07, 6.45) is 4.04. The van der Waals surface area contributed by atoms with Crippen LogP contribution in [0.4, 0.5) is 0 Å². The van der Waals surface area contributed by atoms with Crippen molar-refractivity contribution in [3.63, 3.8) is 0 Å². The van der Waals surface area contributed by atoms with Gasteiger partial charge in [-0.1, -0.05) is 18.9 Å². The fraction of sp³-hybridized carbons (Fsp3) is 0.600. The Kier molecular flexibility index (Phi) is 5.05. The topological polar surface area (TPSA) is 50.7 Å². The van der Waals surface area contributed by atoms with Gasteiger partial charge in [0.15, 0.2) is 0 Å². The zero-order chi connectivity index (χ0) is 13.7. The molecule has 1 aromatic carbocycles. The number of aliphatic hydroxyl groups excluding tert-OH is 1. The van der Waals surface area contributed by atoms with Gasteiger partial charge in [0.1, 0.15) is 11.5 Å². The molecule has 0 radical (unpaired) electrons. The Labute approximate surface area is 114 Å². The van der Waals surface area contributed by atoms with Crippen LogP contribution >= 0.6 is 0 Å². The van der Waals surface area contributed by atoms with Crippen molar-refractivity contribution in [1.82, 2.24) is 5.32 Å². The summed E-state index contributed by atoms with van der Waals surface area (Å²) in [6.45, 7) is 0.703. The number of methoxy groups -OCH3 is 2. The van der Waals surface area contributed by atoms with Gasteiger partial charge in [0.2, 0.25) is 0 Å². The van der Waals surface area contributed by atoms with E-state index in [0.717, 1.165) is 36.3 Å². The molecule has 0 saturated heterocycles. The molecule has 0 unspecified atom stereocenters. The van der Waals surface area contributed by atoms with E-state index >= 15 is 0 Å². The molecule has 1 aliphatic carbocycles. The summed E-state index contributed by atoms with van der Waals surface area (Å²) in [6, 6.07) is 6.01. The average Bonchev–Trinajstić information content (AvgIpc) is 2.46. The second kappa shape index (κ2) is 6.78. The first-order valence-electron chi connectivity index (χ1n) is 6.87. The van der Waals surface area contributed by atoms with Crippen LogP contribution in [0.5, 0.6) is 11.5 Å². The molecule has 1 saturated carbocycles. The van der Waals surface area contributed by atoms with Crippen LogP contribution in [-0.4, -0.2) is 31.5 Å². The van der Waals surface area contributed by atoms with E-state index in [4.69, 9.17) is 9.47 Å². The molecule has 4 nitrogen and oxygen atoms in total. The third kappa shape index (κ3) is 3.61. The van der Waals surface area contributed by atoms with E-state index in [9.17, 15) is 5.11 Å². The standard InChI is InChI=1S/C15H23NO3/c1-18-12-8-7-11(15(9-12)19-2)10-16-13-5-3-4-6-14(13)17/h7-9,13-14,16-17H,3-6,10H2,1-2H3/t13-,14+/m1/s1. The summed E-state index contributed by atoms with van der Waals surface area (Å²) < 4.78 is 10.6. The van der Waals surface area contributed by atoms with Crippen molar-refractivity contribution in [2.45, 2.75) is 44.4 Å². The maximum absolute atomic E-state index is 9.94.